The Kier molecular flexibility index (Phi) is 5.85. The Bertz CT molecular complexity index is 476. The molecule has 0 bridgehead atoms. The summed E-state index contributed by atoms with van der Waals surface area (Å²) in [4.78, 5) is 2.94. The summed E-state index contributed by atoms with van der Waals surface area (Å²) in [6, 6.07) is 6.25. The topological polar surface area (TPSA) is 29.3 Å². The number of rotatable bonds is 4. The van der Waals surface area contributed by atoms with Gasteiger partial charge in [0.2, 0.25) is 0 Å². The zero-order valence-electron chi connectivity index (χ0n) is 12.1. The Balaban J connectivity index is 2.17. The van der Waals surface area contributed by atoms with Crippen molar-refractivity contribution in [1.29, 1.82) is 0 Å². The van der Waals surface area contributed by atoms with E-state index < -0.39 is 0 Å². The molecule has 1 aromatic rings. The maximum absolute atomic E-state index is 5.89. The van der Waals surface area contributed by atoms with Crippen molar-refractivity contribution in [2.75, 3.05) is 18.0 Å². The molecule has 1 aliphatic rings. The third-order valence-electron chi connectivity index (χ3n) is 4.11. The molecule has 0 aromatic heterocycles. The van der Waals surface area contributed by atoms with E-state index in [0.717, 1.165) is 29.0 Å². The van der Waals surface area contributed by atoms with Crippen LogP contribution in [0.5, 0.6) is 0 Å². The Morgan fingerprint density at radius 3 is 2.90 bits per heavy atom. The number of benzene rings is 1. The summed E-state index contributed by atoms with van der Waals surface area (Å²) in [5, 5.41) is 0. The highest BCUT2D eigenvalue weighted by Crippen LogP contribution is 2.29. The summed E-state index contributed by atoms with van der Waals surface area (Å²) in [5.41, 5.74) is 8.07. The Morgan fingerprint density at radius 2 is 2.20 bits per heavy atom. The first-order chi connectivity index (χ1) is 9.61. The Hall–Kier alpha value is -0.610. The minimum absolute atomic E-state index is 0.482. The van der Waals surface area contributed by atoms with Crippen molar-refractivity contribution in [3.05, 3.63) is 28.2 Å². The van der Waals surface area contributed by atoms with Crippen LogP contribution in [0.2, 0.25) is 0 Å². The molecule has 1 aromatic carbocycles. The van der Waals surface area contributed by atoms with Crippen molar-refractivity contribution < 1.29 is 0 Å². The predicted molar refractivity (Wildman–Crippen MR) is 94.5 cm³/mol. The fourth-order valence-electron chi connectivity index (χ4n) is 3.08. The van der Waals surface area contributed by atoms with E-state index >= 15 is 0 Å². The summed E-state index contributed by atoms with van der Waals surface area (Å²) >= 11 is 8.71. The lowest BCUT2D eigenvalue weighted by molar-refractivity contribution is 0.435. The first-order valence-electron chi connectivity index (χ1n) is 7.46. The van der Waals surface area contributed by atoms with E-state index in [1.807, 2.05) is 6.07 Å². The summed E-state index contributed by atoms with van der Waals surface area (Å²) in [5.74, 6) is 0.883. The van der Waals surface area contributed by atoms with Crippen LogP contribution < -0.4 is 10.6 Å². The molecular weight excluding hydrogens is 332 g/mol. The normalized spacial score (nSPS) is 19.7. The van der Waals surface area contributed by atoms with Gasteiger partial charge in [-0.15, -0.1) is 0 Å². The third-order valence-corrected chi connectivity index (χ3v) is 4.82. The van der Waals surface area contributed by atoms with Crippen molar-refractivity contribution >= 4 is 38.8 Å². The van der Waals surface area contributed by atoms with E-state index in [1.165, 1.54) is 37.8 Å². The van der Waals surface area contributed by atoms with Crippen LogP contribution >= 0.6 is 28.1 Å². The lowest BCUT2D eigenvalue weighted by atomic mass is 9.96. The molecule has 0 spiro atoms. The Labute approximate surface area is 135 Å². The van der Waals surface area contributed by atoms with E-state index in [9.17, 15) is 0 Å². The molecule has 1 aliphatic heterocycles. The number of nitrogens with zero attached hydrogens (tertiary/aromatic N) is 1. The van der Waals surface area contributed by atoms with Crippen LogP contribution in [0.25, 0.3) is 0 Å². The highest BCUT2D eigenvalue weighted by atomic mass is 79.9. The summed E-state index contributed by atoms with van der Waals surface area (Å²) in [7, 11) is 0. The maximum Gasteiger partial charge on any atom is 0.106 e. The molecule has 0 amide bonds. The number of anilines is 1. The van der Waals surface area contributed by atoms with Gasteiger partial charge in [0, 0.05) is 28.8 Å². The van der Waals surface area contributed by atoms with Gasteiger partial charge in [-0.05, 0) is 43.4 Å². The average Bonchev–Trinajstić information content (AvgIpc) is 2.65. The minimum atomic E-state index is 0.482. The van der Waals surface area contributed by atoms with Crippen LogP contribution in [-0.4, -0.2) is 18.1 Å². The van der Waals surface area contributed by atoms with Crippen LogP contribution in [-0.2, 0) is 0 Å². The lowest BCUT2D eigenvalue weighted by Gasteiger charge is -2.25. The monoisotopic (exact) mass is 354 g/mol. The second-order valence-corrected chi connectivity index (χ2v) is 6.95. The molecule has 1 unspecified atom stereocenters. The first kappa shape index (κ1) is 15.8. The number of nitrogens with two attached hydrogens (primary N) is 1. The molecule has 2 N–H and O–H groups in total. The lowest BCUT2D eigenvalue weighted by Crippen LogP contribution is -2.27. The van der Waals surface area contributed by atoms with Crippen molar-refractivity contribution in [2.45, 2.75) is 39.0 Å². The fraction of sp³-hybridized carbons (Fsp3) is 0.562. The largest absolute Gasteiger partial charge is 0.389 e. The zero-order valence-corrected chi connectivity index (χ0v) is 14.5. The van der Waals surface area contributed by atoms with Crippen molar-refractivity contribution in [2.24, 2.45) is 11.7 Å². The smallest absolute Gasteiger partial charge is 0.106 e. The molecule has 1 fully saturated rings. The van der Waals surface area contributed by atoms with Gasteiger partial charge in [-0.1, -0.05) is 47.9 Å². The quantitative estimate of drug-likeness (QED) is 0.807. The maximum atomic E-state index is 5.89. The second-order valence-electron chi connectivity index (χ2n) is 5.60. The van der Waals surface area contributed by atoms with Gasteiger partial charge in [0.15, 0.2) is 0 Å². The molecule has 1 heterocycles. The van der Waals surface area contributed by atoms with Crippen molar-refractivity contribution in [3.8, 4) is 0 Å². The number of hydrogen-bond donors (Lipinski definition) is 1. The highest BCUT2D eigenvalue weighted by Gasteiger charge is 2.19. The SMILES string of the molecule is CCCC1CCCN(c2ccc(Br)cc2C(N)=S)CC1. The molecule has 1 atom stereocenters. The number of hydrogen-bond acceptors (Lipinski definition) is 2. The van der Waals surface area contributed by atoms with Gasteiger partial charge >= 0.3 is 0 Å². The van der Waals surface area contributed by atoms with Gasteiger partial charge in [-0.2, -0.15) is 0 Å². The van der Waals surface area contributed by atoms with E-state index in [0.29, 0.717) is 4.99 Å². The fourth-order valence-corrected chi connectivity index (χ4v) is 3.61. The molecule has 2 rings (SSSR count). The first-order valence-corrected chi connectivity index (χ1v) is 8.66. The molecule has 2 nitrogen and oxygen atoms in total. The number of halogens is 1. The molecular formula is C16H23BrN2S. The van der Waals surface area contributed by atoms with Crippen molar-refractivity contribution in [3.63, 3.8) is 0 Å². The molecule has 1 saturated heterocycles. The van der Waals surface area contributed by atoms with Gasteiger partial charge in [-0.25, -0.2) is 0 Å². The van der Waals surface area contributed by atoms with E-state index in [-0.39, 0.29) is 0 Å². The second kappa shape index (κ2) is 7.41. The number of thiocarbonyl (C=S) groups is 1. The molecule has 20 heavy (non-hydrogen) atoms. The van der Waals surface area contributed by atoms with Crippen LogP contribution in [0.4, 0.5) is 5.69 Å². The highest BCUT2D eigenvalue weighted by molar-refractivity contribution is 9.10. The summed E-state index contributed by atoms with van der Waals surface area (Å²) in [6.07, 6.45) is 6.54. The summed E-state index contributed by atoms with van der Waals surface area (Å²) < 4.78 is 1.03. The van der Waals surface area contributed by atoms with Crippen LogP contribution in [0.15, 0.2) is 22.7 Å². The van der Waals surface area contributed by atoms with Gasteiger partial charge in [0.1, 0.15) is 4.99 Å². The Morgan fingerprint density at radius 1 is 1.40 bits per heavy atom. The van der Waals surface area contributed by atoms with Crippen LogP contribution in [0.1, 0.15) is 44.6 Å². The van der Waals surface area contributed by atoms with E-state index in [1.54, 1.807) is 0 Å². The zero-order chi connectivity index (χ0) is 14.5. The predicted octanol–water partition coefficient (Wildman–Crippen LogP) is 4.49. The van der Waals surface area contributed by atoms with Gasteiger partial charge in [0.25, 0.3) is 0 Å². The standard InChI is InChI=1S/C16H23BrN2S/c1-2-4-12-5-3-9-19(10-8-12)15-7-6-13(17)11-14(15)16(18)20/h6-7,11-12H,2-5,8-10H2,1H3,(H2,18,20). The molecule has 0 saturated carbocycles. The van der Waals surface area contributed by atoms with Gasteiger partial charge < -0.3 is 10.6 Å². The van der Waals surface area contributed by atoms with Gasteiger partial charge in [-0.3, -0.25) is 0 Å². The van der Waals surface area contributed by atoms with Crippen LogP contribution in [0.3, 0.4) is 0 Å². The summed E-state index contributed by atoms with van der Waals surface area (Å²) in [6.45, 7) is 4.50. The molecule has 110 valence electrons. The van der Waals surface area contributed by atoms with Crippen LogP contribution in [0, 0.1) is 5.92 Å². The molecule has 0 aliphatic carbocycles. The molecule has 4 heteroatoms. The van der Waals surface area contributed by atoms with Gasteiger partial charge in [0.05, 0.1) is 0 Å². The minimum Gasteiger partial charge on any atom is -0.389 e. The third kappa shape index (κ3) is 3.95. The average molecular weight is 355 g/mol. The molecule has 0 radical (unpaired) electrons. The van der Waals surface area contributed by atoms with Crippen molar-refractivity contribution in [1.82, 2.24) is 0 Å². The van der Waals surface area contributed by atoms with E-state index in [4.69, 9.17) is 18.0 Å². The van der Waals surface area contributed by atoms with E-state index in [2.05, 4.69) is 39.9 Å².